The van der Waals surface area contributed by atoms with Gasteiger partial charge in [-0.05, 0) is 122 Å². The molecule has 0 N–H and O–H groups in total. The van der Waals surface area contributed by atoms with Gasteiger partial charge in [0.1, 0.15) is 0 Å². The highest BCUT2D eigenvalue weighted by atomic mass is 15.0. The molecule has 3 heteroatoms. The van der Waals surface area contributed by atoms with Crippen LogP contribution in [-0.4, -0.2) is 13.7 Å². The fraction of sp³-hybridized carbons (Fsp3) is 0.111. The third-order valence-corrected chi connectivity index (χ3v) is 12.8. The number of benzene rings is 7. The molecular formula is C54H41N3. The number of rotatable bonds is 5. The smallest absolute Gasteiger partial charge is 0.0542 e. The molecule has 1 atom stereocenters. The van der Waals surface area contributed by atoms with E-state index >= 15 is 0 Å². The predicted molar refractivity (Wildman–Crippen MR) is 241 cm³/mol. The topological polar surface area (TPSA) is 14.8 Å². The Morgan fingerprint density at radius 1 is 0.421 bits per heavy atom. The Morgan fingerprint density at radius 3 is 1.44 bits per heavy atom. The number of hydrogen-bond acceptors (Lipinski definition) is 0. The van der Waals surface area contributed by atoms with Gasteiger partial charge in [0.25, 0.3) is 0 Å². The van der Waals surface area contributed by atoms with Gasteiger partial charge in [0.2, 0.25) is 0 Å². The van der Waals surface area contributed by atoms with E-state index in [1.54, 1.807) is 5.57 Å². The van der Waals surface area contributed by atoms with Crippen LogP contribution >= 0.6 is 0 Å². The average molecular weight is 732 g/mol. The van der Waals surface area contributed by atoms with Crippen molar-refractivity contribution in [1.29, 1.82) is 0 Å². The summed E-state index contributed by atoms with van der Waals surface area (Å²) in [6.07, 6.45) is 15.5. The van der Waals surface area contributed by atoms with Gasteiger partial charge in [-0.1, -0.05) is 115 Å². The standard InChI is InChI=1S/C54H41N3/c1-2-14-36(15-3-1)37-16-12-17-38(32-37)39-18-13-19-40(33-39)55-51-26-10-6-22-45(51)47-35-42(29-30-53(47)55)57-52-27-11-7-23-46(52)48-34-41(28-31-54(48)57)56-49-24-8-4-20-43(49)44-21-5-9-25-50(44)56/h1-2,4-11,13-14,18-35,37H,3,12,15-17H2. The van der Waals surface area contributed by atoms with Gasteiger partial charge in [0, 0.05) is 49.4 Å². The van der Waals surface area contributed by atoms with Gasteiger partial charge < -0.3 is 13.7 Å². The Bertz CT molecular complexity index is 3290. The molecule has 0 fully saturated rings. The maximum absolute atomic E-state index is 2.57. The highest BCUT2D eigenvalue weighted by molar-refractivity contribution is 6.14. The molecule has 0 saturated carbocycles. The van der Waals surface area contributed by atoms with Gasteiger partial charge in [-0.15, -0.1) is 0 Å². The molecule has 0 radical (unpaired) electrons. The summed E-state index contributed by atoms with van der Waals surface area (Å²) in [4.78, 5) is 0. The zero-order valence-corrected chi connectivity index (χ0v) is 31.8. The molecule has 3 aromatic heterocycles. The van der Waals surface area contributed by atoms with E-state index in [4.69, 9.17) is 0 Å². The van der Waals surface area contributed by atoms with Gasteiger partial charge >= 0.3 is 0 Å². The first-order valence-electron chi connectivity index (χ1n) is 20.5. The second-order valence-electron chi connectivity index (χ2n) is 15.9. The molecule has 0 bridgehead atoms. The van der Waals surface area contributed by atoms with E-state index in [9.17, 15) is 0 Å². The van der Waals surface area contributed by atoms with E-state index in [1.807, 2.05) is 0 Å². The minimum absolute atomic E-state index is 0.551. The van der Waals surface area contributed by atoms with Crippen LogP contribution in [-0.2, 0) is 0 Å². The number of aromatic nitrogens is 3. The van der Waals surface area contributed by atoms with Gasteiger partial charge in [0.15, 0.2) is 0 Å². The largest absolute Gasteiger partial charge is 0.309 e. The summed E-state index contributed by atoms with van der Waals surface area (Å²) in [6.45, 7) is 0. The summed E-state index contributed by atoms with van der Waals surface area (Å²) in [5, 5.41) is 7.59. The van der Waals surface area contributed by atoms with Crippen molar-refractivity contribution in [2.45, 2.75) is 32.1 Å². The van der Waals surface area contributed by atoms with E-state index in [0.717, 1.165) is 12.8 Å². The first-order valence-corrected chi connectivity index (χ1v) is 20.5. The molecule has 272 valence electrons. The van der Waals surface area contributed by atoms with E-state index in [1.165, 1.54) is 113 Å². The molecule has 1 unspecified atom stereocenters. The monoisotopic (exact) mass is 731 g/mol. The van der Waals surface area contributed by atoms with Crippen molar-refractivity contribution in [2.24, 2.45) is 5.92 Å². The number of hydrogen-bond donors (Lipinski definition) is 0. The van der Waals surface area contributed by atoms with E-state index in [0.29, 0.717) is 5.92 Å². The lowest BCUT2D eigenvalue weighted by Crippen LogP contribution is -2.08. The van der Waals surface area contributed by atoms with Crippen molar-refractivity contribution in [3.8, 4) is 17.1 Å². The summed E-state index contributed by atoms with van der Waals surface area (Å²) in [7, 11) is 0. The lowest BCUT2D eigenvalue weighted by atomic mass is 9.81. The van der Waals surface area contributed by atoms with Crippen LogP contribution in [0.3, 0.4) is 0 Å². The van der Waals surface area contributed by atoms with Crippen LogP contribution < -0.4 is 0 Å². The second kappa shape index (κ2) is 12.9. The van der Waals surface area contributed by atoms with Crippen LogP contribution in [0.4, 0.5) is 0 Å². The number of fused-ring (bicyclic) bond motifs is 9. The normalized spacial score (nSPS) is 16.0. The summed E-state index contributed by atoms with van der Waals surface area (Å²) >= 11 is 0. The highest BCUT2D eigenvalue weighted by Crippen LogP contribution is 2.41. The van der Waals surface area contributed by atoms with Crippen molar-refractivity contribution >= 4 is 71.0 Å². The fourth-order valence-corrected chi connectivity index (χ4v) is 10.2. The van der Waals surface area contributed by atoms with Crippen molar-refractivity contribution < 1.29 is 0 Å². The van der Waals surface area contributed by atoms with Gasteiger partial charge in [-0.3, -0.25) is 0 Å². The molecule has 7 aromatic carbocycles. The van der Waals surface area contributed by atoms with Crippen molar-refractivity contribution in [3.63, 3.8) is 0 Å². The Labute approximate surface area is 331 Å². The third-order valence-electron chi connectivity index (χ3n) is 12.8. The van der Waals surface area contributed by atoms with Crippen LogP contribution in [0.2, 0.25) is 0 Å². The van der Waals surface area contributed by atoms with Crippen molar-refractivity contribution in [3.05, 3.63) is 193 Å². The molecule has 0 amide bonds. The molecule has 0 aliphatic heterocycles. The number of nitrogens with zero attached hydrogens (tertiary/aromatic N) is 3. The summed E-state index contributed by atoms with van der Waals surface area (Å²) in [5.41, 5.74) is 15.3. The lowest BCUT2D eigenvalue weighted by Gasteiger charge is -2.25. The highest BCUT2D eigenvalue weighted by Gasteiger charge is 2.21. The third kappa shape index (κ3) is 5.05. The zero-order chi connectivity index (χ0) is 37.5. The van der Waals surface area contributed by atoms with Crippen LogP contribution in [0, 0.1) is 5.92 Å². The zero-order valence-electron chi connectivity index (χ0n) is 31.8. The van der Waals surface area contributed by atoms with Gasteiger partial charge in [-0.25, -0.2) is 0 Å². The minimum atomic E-state index is 0.551. The molecule has 0 saturated heterocycles. The van der Waals surface area contributed by atoms with Gasteiger partial charge in [0.05, 0.1) is 33.1 Å². The van der Waals surface area contributed by atoms with Crippen molar-refractivity contribution in [1.82, 2.24) is 13.7 Å². The van der Waals surface area contributed by atoms with E-state index < -0.39 is 0 Å². The Kier molecular flexibility index (Phi) is 7.31. The summed E-state index contributed by atoms with van der Waals surface area (Å²) in [6, 6.07) is 58.6. The maximum Gasteiger partial charge on any atom is 0.0542 e. The SMILES string of the molecule is C1=CCCC(C2C=C(c3cccc(-n4c5ccccc5c5cc(-n6c7ccccc7c7cc(-n8c9ccccc9c9ccccc98)ccc76)ccc54)c3)CCC2)=C1. The molecule has 10 aromatic rings. The molecule has 57 heavy (non-hydrogen) atoms. The molecule has 3 nitrogen and oxygen atoms in total. The molecular weight excluding hydrogens is 691 g/mol. The maximum atomic E-state index is 2.57. The average Bonchev–Trinajstić information content (AvgIpc) is 3.92. The first kappa shape index (κ1) is 32.4. The van der Waals surface area contributed by atoms with Gasteiger partial charge in [-0.2, -0.15) is 0 Å². The number of para-hydroxylation sites is 4. The summed E-state index contributed by atoms with van der Waals surface area (Å²) in [5.74, 6) is 0.551. The van der Waals surface area contributed by atoms with Crippen LogP contribution in [0.5, 0.6) is 0 Å². The summed E-state index contributed by atoms with van der Waals surface area (Å²) < 4.78 is 7.34. The van der Waals surface area contributed by atoms with Crippen LogP contribution in [0.25, 0.3) is 88.1 Å². The number of allylic oxidation sites excluding steroid dienone is 6. The second-order valence-corrected chi connectivity index (χ2v) is 15.9. The van der Waals surface area contributed by atoms with Crippen molar-refractivity contribution in [2.75, 3.05) is 0 Å². The molecule has 3 heterocycles. The Morgan fingerprint density at radius 2 is 0.912 bits per heavy atom. The minimum Gasteiger partial charge on any atom is -0.309 e. The van der Waals surface area contributed by atoms with E-state index in [2.05, 4.69) is 196 Å². The molecule has 12 rings (SSSR count). The molecule has 0 spiro atoms. The fourth-order valence-electron chi connectivity index (χ4n) is 10.2. The lowest BCUT2D eigenvalue weighted by molar-refractivity contribution is 0.592. The first-order chi connectivity index (χ1) is 28.3. The van der Waals surface area contributed by atoms with Crippen LogP contribution in [0.1, 0.15) is 37.7 Å². The van der Waals surface area contributed by atoms with E-state index in [-0.39, 0.29) is 0 Å². The van der Waals surface area contributed by atoms with Crippen LogP contribution in [0.15, 0.2) is 188 Å². The molecule has 2 aliphatic carbocycles. The Hall–Kier alpha value is -6.84. The predicted octanol–water partition coefficient (Wildman–Crippen LogP) is 14.4. The molecule has 2 aliphatic rings. The Balaban J connectivity index is 1.01. The quantitative estimate of drug-likeness (QED) is 0.167.